The van der Waals surface area contributed by atoms with E-state index in [1.54, 1.807) is 23.4 Å². The van der Waals surface area contributed by atoms with E-state index in [1.165, 1.54) is 0 Å². The van der Waals surface area contributed by atoms with Crippen LogP contribution in [0.3, 0.4) is 0 Å². The van der Waals surface area contributed by atoms with Gasteiger partial charge < -0.3 is 0 Å². The molecular formula is C19H23ClN2O2SSi. The highest BCUT2D eigenvalue weighted by atomic mass is 35.5. The molecule has 0 radical (unpaired) electrons. The topological polar surface area (TPSA) is 61.2 Å². The highest BCUT2D eigenvalue weighted by molar-refractivity contribution is 7.93. The molecule has 1 aliphatic heterocycles. The molecule has 0 unspecified atom stereocenters. The first-order valence-corrected chi connectivity index (χ1v) is 14.4. The fourth-order valence-electron chi connectivity index (χ4n) is 5.49. The molecule has 0 spiro atoms. The third-order valence-corrected chi connectivity index (χ3v) is 12.0. The molecule has 138 valence electrons. The van der Waals surface area contributed by atoms with E-state index < -0.39 is 18.1 Å². The number of anilines is 1. The van der Waals surface area contributed by atoms with Crippen molar-refractivity contribution >= 4 is 35.4 Å². The SMILES string of the molecule is Cc1c(N2C[C@H]3[C@H]4C=C[C@H]([C@@H]4[Si](C)(C)C)[C@H]3S2(=O)=O)ccc(C#N)c1Cl. The second kappa shape index (κ2) is 5.60. The molecule has 26 heavy (non-hydrogen) atoms. The Hall–Kier alpha value is -1.29. The number of sulfonamides is 1. The minimum atomic E-state index is -3.44. The van der Waals surface area contributed by atoms with Crippen LogP contribution in [0.25, 0.3) is 0 Å². The zero-order valence-electron chi connectivity index (χ0n) is 15.4. The largest absolute Gasteiger partial charge is 0.269 e. The van der Waals surface area contributed by atoms with Crippen LogP contribution < -0.4 is 4.31 Å². The molecule has 4 rings (SSSR count). The fraction of sp³-hybridized carbons (Fsp3) is 0.526. The Kier molecular flexibility index (Phi) is 3.90. The van der Waals surface area contributed by atoms with E-state index in [4.69, 9.17) is 16.9 Å². The molecule has 1 saturated carbocycles. The van der Waals surface area contributed by atoms with E-state index in [0.717, 1.165) is 0 Å². The maximum absolute atomic E-state index is 13.5. The van der Waals surface area contributed by atoms with Crippen LogP contribution in [0.15, 0.2) is 24.3 Å². The molecule has 0 amide bonds. The van der Waals surface area contributed by atoms with Crippen molar-refractivity contribution in [2.75, 3.05) is 10.8 Å². The van der Waals surface area contributed by atoms with Crippen molar-refractivity contribution < 1.29 is 8.42 Å². The Morgan fingerprint density at radius 2 is 1.88 bits per heavy atom. The lowest BCUT2D eigenvalue weighted by Crippen LogP contribution is -2.38. The molecule has 5 atom stereocenters. The van der Waals surface area contributed by atoms with Crippen LogP contribution in [0.2, 0.25) is 30.2 Å². The summed E-state index contributed by atoms with van der Waals surface area (Å²) in [4.78, 5) is 0. The Balaban J connectivity index is 1.76. The molecule has 0 N–H and O–H groups in total. The van der Waals surface area contributed by atoms with Crippen LogP contribution in [0, 0.1) is 36.0 Å². The lowest BCUT2D eigenvalue weighted by molar-refractivity contribution is 0.482. The van der Waals surface area contributed by atoms with Gasteiger partial charge in [0, 0.05) is 20.5 Å². The van der Waals surface area contributed by atoms with Crippen molar-refractivity contribution in [3.63, 3.8) is 0 Å². The zero-order valence-corrected chi connectivity index (χ0v) is 18.0. The van der Waals surface area contributed by atoms with Gasteiger partial charge in [0.25, 0.3) is 0 Å². The lowest BCUT2D eigenvalue weighted by atomic mass is 9.93. The van der Waals surface area contributed by atoms with Gasteiger partial charge >= 0.3 is 0 Å². The van der Waals surface area contributed by atoms with Crippen LogP contribution in [-0.4, -0.2) is 28.3 Å². The third kappa shape index (κ3) is 2.27. The van der Waals surface area contributed by atoms with Gasteiger partial charge in [0.1, 0.15) is 6.07 Å². The number of nitrogens with zero attached hydrogens (tertiary/aromatic N) is 2. The quantitative estimate of drug-likeness (QED) is 0.546. The third-order valence-electron chi connectivity index (χ3n) is 6.46. The van der Waals surface area contributed by atoms with Crippen LogP contribution in [0.5, 0.6) is 0 Å². The van der Waals surface area contributed by atoms with Crippen molar-refractivity contribution in [3.8, 4) is 6.07 Å². The Morgan fingerprint density at radius 1 is 1.23 bits per heavy atom. The molecule has 1 aromatic rings. The van der Waals surface area contributed by atoms with Gasteiger partial charge in [0.15, 0.2) is 0 Å². The van der Waals surface area contributed by atoms with Gasteiger partial charge in [-0.15, -0.1) is 0 Å². The maximum Gasteiger partial charge on any atom is 0.239 e. The molecular weight excluding hydrogens is 384 g/mol. The van der Waals surface area contributed by atoms with Crippen molar-refractivity contribution in [3.05, 3.63) is 40.4 Å². The Labute approximate surface area is 161 Å². The number of fused-ring (bicyclic) bond motifs is 5. The van der Waals surface area contributed by atoms with Gasteiger partial charge in [-0.05, 0) is 42.0 Å². The summed E-state index contributed by atoms with van der Waals surface area (Å²) < 4.78 is 28.5. The molecule has 7 heteroatoms. The summed E-state index contributed by atoms with van der Waals surface area (Å²) in [6.07, 6.45) is 4.43. The van der Waals surface area contributed by atoms with Crippen LogP contribution >= 0.6 is 11.6 Å². The average Bonchev–Trinajstić information content (AvgIpc) is 3.18. The zero-order chi connectivity index (χ0) is 19.0. The van der Waals surface area contributed by atoms with Gasteiger partial charge in [-0.1, -0.05) is 43.4 Å². The number of nitriles is 1. The molecule has 1 saturated heterocycles. The monoisotopic (exact) mass is 406 g/mol. The molecule has 3 aliphatic rings. The number of hydrogen-bond acceptors (Lipinski definition) is 3. The summed E-state index contributed by atoms with van der Waals surface area (Å²) in [5.41, 5.74) is 2.17. The van der Waals surface area contributed by atoms with Crippen LogP contribution in [0.1, 0.15) is 11.1 Å². The summed E-state index contributed by atoms with van der Waals surface area (Å²) in [5, 5.41) is 9.17. The molecule has 2 aliphatic carbocycles. The second-order valence-corrected chi connectivity index (χ2v) is 16.6. The number of hydrogen-bond donors (Lipinski definition) is 0. The van der Waals surface area contributed by atoms with Gasteiger partial charge in [-0.25, -0.2) is 8.42 Å². The Bertz CT molecular complexity index is 961. The predicted molar refractivity (Wildman–Crippen MR) is 108 cm³/mol. The summed E-state index contributed by atoms with van der Waals surface area (Å²) in [5.74, 6) is 0.659. The average molecular weight is 407 g/mol. The van der Waals surface area contributed by atoms with E-state index in [1.807, 2.05) is 0 Å². The van der Waals surface area contributed by atoms with Crippen molar-refractivity contribution in [2.45, 2.75) is 37.4 Å². The summed E-state index contributed by atoms with van der Waals surface area (Å²) in [6.45, 7) is 9.35. The van der Waals surface area contributed by atoms with E-state index in [-0.39, 0.29) is 17.1 Å². The minimum Gasteiger partial charge on any atom is -0.269 e. The van der Waals surface area contributed by atoms with E-state index in [0.29, 0.717) is 39.8 Å². The van der Waals surface area contributed by atoms with Gasteiger partial charge in [-0.2, -0.15) is 5.26 Å². The van der Waals surface area contributed by atoms with Gasteiger partial charge in [0.05, 0.1) is 21.5 Å². The van der Waals surface area contributed by atoms with E-state index in [9.17, 15) is 8.42 Å². The Morgan fingerprint density at radius 3 is 2.46 bits per heavy atom. The van der Waals surface area contributed by atoms with E-state index >= 15 is 0 Å². The van der Waals surface area contributed by atoms with Gasteiger partial charge in [-0.3, -0.25) is 4.31 Å². The number of rotatable bonds is 2. The molecule has 2 fully saturated rings. The fourth-order valence-corrected chi connectivity index (χ4v) is 11.3. The first-order valence-electron chi connectivity index (χ1n) is 8.98. The number of benzene rings is 1. The van der Waals surface area contributed by atoms with Crippen molar-refractivity contribution in [2.24, 2.45) is 17.8 Å². The summed E-state index contributed by atoms with van der Waals surface area (Å²) >= 11 is 6.29. The number of halogens is 1. The van der Waals surface area contributed by atoms with Crippen molar-refractivity contribution in [1.82, 2.24) is 0 Å². The molecule has 2 bridgehead atoms. The second-order valence-electron chi connectivity index (χ2n) is 8.82. The molecule has 4 nitrogen and oxygen atoms in total. The van der Waals surface area contributed by atoms with Crippen molar-refractivity contribution in [1.29, 1.82) is 5.26 Å². The molecule has 1 heterocycles. The van der Waals surface area contributed by atoms with Gasteiger partial charge in [0.2, 0.25) is 10.0 Å². The summed E-state index contributed by atoms with van der Waals surface area (Å²) in [7, 11) is -4.89. The highest BCUT2D eigenvalue weighted by Gasteiger charge is 2.64. The lowest BCUT2D eigenvalue weighted by Gasteiger charge is -2.32. The number of allylic oxidation sites excluding steroid dienone is 2. The van der Waals surface area contributed by atoms with Crippen LogP contribution in [-0.2, 0) is 10.0 Å². The van der Waals surface area contributed by atoms with E-state index in [2.05, 4.69) is 37.9 Å². The standard InChI is InChI=1S/C19H23ClN2O2SSi/c1-11-16(8-5-12(9-21)17(11)20)22-10-15-13-6-7-14(18(15)25(22,23)24)19(13)26(2,3)4/h5-8,13-15,18-19H,10H2,1-4H3/t13-,14+,15+,18-,19-/m1/s1. The highest BCUT2D eigenvalue weighted by Crippen LogP contribution is 2.61. The smallest absolute Gasteiger partial charge is 0.239 e. The minimum absolute atomic E-state index is 0.140. The first kappa shape index (κ1) is 18.1. The molecule has 0 aromatic heterocycles. The first-order chi connectivity index (χ1) is 12.1. The normalized spacial score (nSPS) is 34.2. The van der Waals surface area contributed by atoms with Crippen LogP contribution in [0.4, 0.5) is 5.69 Å². The maximum atomic E-state index is 13.5. The molecule has 1 aromatic carbocycles. The predicted octanol–water partition coefficient (Wildman–Crippen LogP) is 4.18. The summed E-state index contributed by atoms with van der Waals surface area (Å²) in [6, 6.07) is 5.40.